The van der Waals surface area contributed by atoms with Crippen molar-refractivity contribution in [2.24, 2.45) is 0 Å². The second-order valence-corrected chi connectivity index (χ2v) is 31.7. The largest absolute Gasteiger partial charge is 0.394 e. The Morgan fingerprint density at radius 3 is 0.904 bits per heavy atom. The van der Waals surface area contributed by atoms with Crippen molar-refractivity contribution in [3.05, 3.63) is 0 Å². The molecule has 0 aromatic carbocycles. The van der Waals surface area contributed by atoms with Crippen LogP contribution in [0.25, 0.3) is 0 Å². The molecule has 55 heteroatoms. The van der Waals surface area contributed by atoms with E-state index >= 15 is 0 Å². The third-order valence-electron chi connectivity index (χ3n) is 22.8. The summed E-state index contributed by atoms with van der Waals surface area (Å²) in [7, 11) is 0. The van der Waals surface area contributed by atoms with Crippen molar-refractivity contribution in [1.82, 2.24) is 26.6 Å². The molecule has 10 rings (SSSR count). The highest BCUT2D eigenvalue weighted by molar-refractivity contribution is 5.75. The normalized spacial score (nSPS) is 48.7. The van der Waals surface area contributed by atoms with Crippen molar-refractivity contribution < 1.29 is 247 Å². The van der Waals surface area contributed by atoms with Gasteiger partial charge in [0.1, 0.15) is 238 Å². The van der Waals surface area contributed by atoms with Crippen LogP contribution >= 0.6 is 0 Å². The maximum Gasteiger partial charge on any atom is 0.217 e. The number of hydrogen-bond donors (Lipinski definition) is 31. The van der Waals surface area contributed by atoms with Gasteiger partial charge >= 0.3 is 0 Å². The van der Waals surface area contributed by atoms with Gasteiger partial charge in [-0.2, -0.15) is 0 Å². The summed E-state index contributed by atoms with van der Waals surface area (Å²) < 4.78 is 116. The minimum atomic E-state index is -2.75. The molecule has 0 radical (unpaired) electrons. The summed E-state index contributed by atoms with van der Waals surface area (Å²) in [5.74, 6) is -4.79. The van der Waals surface area contributed by atoms with Gasteiger partial charge in [-0.1, -0.05) is 0 Å². The average Bonchev–Trinajstić information content (AvgIpc) is 0.756. The second-order valence-electron chi connectivity index (χ2n) is 31.7. The Kier molecular flexibility index (Phi) is 36.8. The van der Waals surface area contributed by atoms with Crippen LogP contribution in [-0.2, 0) is 114 Å². The fourth-order valence-corrected chi connectivity index (χ4v) is 16.2. The minimum absolute atomic E-state index is 0.863. The number of rotatable bonds is 32. The van der Waals surface area contributed by atoms with Gasteiger partial charge in [0.05, 0.1) is 65.6 Å². The molecule has 0 aromatic rings. The Morgan fingerprint density at radius 1 is 0.224 bits per heavy atom. The van der Waals surface area contributed by atoms with Crippen LogP contribution < -0.4 is 26.6 Å². The molecule has 10 saturated heterocycles. The lowest BCUT2D eigenvalue weighted by Gasteiger charge is -2.52. The average molecular weight is 1830 g/mol. The fourth-order valence-electron chi connectivity index (χ4n) is 16.2. The van der Waals surface area contributed by atoms with Gasteiger partial charge in [-0.25, -0.2) is 0 Å². The fraction of sp³-hybridized carbons (Fsp3) is 0.929. The third kappa shape index (κ3) is 23.1. The second kappa shape index (κ2) is 44.9. The van der Waals surface area contributed by atoms with E-state index in [1.54, 1.807) is 0 Å². The van der Waals surface area contributed by atoms with Gasteiger partial charge in [0.25, 0.3) is 0 Å². The lowest BCUT2D eigenvalue weighted by molar-refractivity contribution is -0.407. The number of aliphatic hydroxyl groups excluding tert-OH is 26. The molecule has 10 heterocycles. The zero-order chi connectivity index (χ0) is 92.1. The van der Waals surface area contributed by atoms with Gasteiger partial charge in [-0.05, 0) is 6.92 Å². The van der Waals surface area contributed by atoms with Crippen LogP contribution in [0.1, 0.15) is 41.5 Å². The molecule has 0 aromatic heterocycles. The maximum atomic E-state index is 13.4. The molecule has 10 aliphatic rings. The molecule has 0 aliphatic carbocycles. The molecule has 10 aliphatic heterocycles. The molecule has 1 unspecified atom stereocenters. The molecule has 722 valence electrons. The first-order valence-electron chi connectivity index (χ1n) is 40.0. The predicted octanol–water partition coefficient (Wildman–Crippen LogP) is -21.1. The molecule has 0 bridgehead atoms. The zero-order valence-corrected chi connectivity index (χ0v) is 67.7. The van der Waals surface area contributed by atoms with Crippen molar-refractivity contribution in [2.45, 2.75) is 348 Å². The quantitative estimate of drug-likeness (QED) is 0.0297. The van der Waals surface area contributed by atoms with Gasteiger partial charge in [0.2, 0.25) is 29.5 Å². The van der Waals surface area contributed by atoms with E-state index in [1.807, 2.05) is 0 Å². The Bertz CT molecular complexity index is 3420. The molecule has 5 amide bonds. The standard InChI is InChI=1S/C70H117N5O50/c1-16-36(88)47(99)51(103)66(109-16)107-14-29-56(44(96)31(61(106)110-29)71-17(2)83)119-64-34(74-20(5)86)45(97)55(28(13-82)116-64)121-68-53(105)58(123-70-60(50(102)41(93)26(11-80)115-70)125-63-33(73-19(4)85)43(95)38(90)23(8-77)112-63)57(122-62-32(72-18(3)84)42(94)37(89)22(7-76)111-62)30(118-68)15-108-69-59(49(101)40(92)25(10-79)114-69)124-65-35(75-21(6)87)46(98)54(27(12-81)117-65)120-67-52(104)48(100)39(91)24(9-78)113-67/h16,22-70,76-82,88-106H,7-15H2,1-6H3,(H,71,83)(H,72,84)(H,73,85)(H,74,86)(H,75,87)/t16-,22+,23+,24+,25+,26+,27+,28+,29+,30+,31+,32+,33+,34+,35+,36+,37+,38+,39-,40+,41+,42+,43+,44+,45+,46+,47+,48-,49-,50-,51-,52+,53-,54+,55+,56+,57+,58+,59-,60-,61?,62-,63-,64-,65-,66+,67-,68-,69-,70+/m0/s1. The lowest BCUT2D eigenvalue weighted by Crippen LogP contribution is -2.71. The summed E-state index contributed by atoms with van der Waals surface area (Å²) in [5.41, 5.74) is 0. The van der Waals surface area contributed by atoms with E-state index < -0.39 is 396 Å². The van der Waals surface area contributed by atoms with E-state index in [0.717, 1.165) is 34.6 Å². The Hall–Kier alpha value is -4.45. The van der Waals surface area contributed by atoms with Crippen LogP contribution in [0.4, 0.5) is 0 Å². The molecule has 10 fully saturated rings. The predicted molar refractivity (Wildman–Crippen MR) is 386 cm³/mol. The van der Waals surface area contributed by atoms with Crippen LogP contribution in [0.5, 0.6) is 0 Å². The van der Waals surface area contributed by atoms with Crippen LogP contribution in [0.15, 0.2) is 0 Å². The zero-order valence-electron chi connectivity index (χ0n) is 67.7. The van der Waals surface area contributed by atoms with Gasteiger partial charge in [0.15, 0.2) is 62.9 Å². The SMILES string of the molecule is CC(=O)N[C@H]1[C@H](O[C@H]2[C@H](O)[C@@H](NC(C)=O)C(O)O[C@@H]2CO[C@@H]2O[C@@H](C)[C@@H](O)[C@@H](O)[C@@H]2O)O[C@H](CO)[C@@H](O[C@@H]2O[C@H](CO[C@H]3O[C@H](CO)[C@@H](O)[C@H](O)[C@@H]3O[C@@H]3O[C@H](CO)[C@@H](O[C@@H]4O[C@H](CO)[C@H](O)[C@H](O)[C@H]4O)[C@H](O)[C@H]3NC(C)=O)[C@@H](O[C@@H]3O[C@H](CO)[C@@H](O)[C@H](O)[C@H]3NC(C)=O)[C@H](O[C@H]3O[C@H](CO)[C@@H](O)[C@H](O)[C@@H]3O[C@@H]3O[C@H](CO)[C@@H](O)[C@H](O)[C@H]3NC(C)=O)[C@@H]2O)[C@@H]1O. The monoisotopic (exact) mass is 1830 g/mol. The van der Waals surface area contributed by atoms with Gasteiger partial charge in [0, 0.05) is 34.6 Å². The molecular formula is C70H117N5O50. The number of ether oxygens (including phenoxy) is 19. The third-order valence-corrected chi connectivity index (χ3v) is 22.8. The highest BCUT2D eigenvalue weighted by Crippen LogP contribution is 2.41. The molecular weight excluding hydrogens is 1710 g/mol. The minimum Gasteiger partial charge on any atom is -0.394 e. The Morgan fingerprint density at radius 2 is 0.488 bits per heavy atom. The highest BCUT2D eigenvalue weighted by Gasteiger charge is 2.62. The van der Waals surface area contributed by atoms with E-state index in [1.165, 1.54) is 6.92 Å². The van der Waals surface area contributed by atoms with Crippen LogP contribution in [0.3, 0.4) is 0 Å². The van der Waals surface area contributed by atoms with Crippen LogP contribution in [-0.4, -0.2) is 529 Å². The molecule has 31 N–H and O–H groups in total. The van der Waals surface area contributed by atoms with E-state index in [2.05, 4.69) is 26.6 Å². The smallest absolute Gasteiger partial charge is 0.217 e. The molecule has 125 heavy (non-hydrogen) atoms. The van der Waals surface area contributed by atoms with Crippen molar-refractivity contribution in [2.75, 3.05) is 59.5 Å². The number of amides is 5. The summed E-state index contributed by atoms with van der Waals surface area (Å²) >= 11 is 0. The molecule has 55 nitrogen and oxygen atoms in total. The summed E-state index contributed by atoms with van der Waals surface area (Å²) in [6.07, 6.45) is -95.8. The number of hydrogen-bond acceptors (Lipinski definition) is 50. The first-order chi connectivity index (χ1) is 59.1. The summed E-state index contributed by atoms with van der Waals surface area (Å²) in [6.45, 7) is -4.42. The van der Waals surface area contributed by atoms with Crippen LogP contribution in [0.2, 0.25) is 0 Å². The summed E-state index contributed by atoms with van der Waals surface area (Å²) in [4.78, 5) is 65.0. The summed E-state index contributed by atoms with van der Waals surface area (Å²) in [6, 6.07) is -9.77. The number of nitrogens with one attached hydrogen (secondary N) is 5. The first kappa shape index (κ1) is 103. The number of aliphatic hydroxyl groups is 26. The Labute approximate surface area is 708 Å². The molecule has 50 atom stereocenters. The van der Waals surface area contributed by atoms with Crippen molar-refractivity contribution in [1.29, 1.82) is 0 Å². The van der Waals surface area contributed by atoms with Crippen LogP contribution in [0, 0.1) is 0 Å². The van der Waals surface area contributed by atoms with E-state index in [9.17, 15) is 157 Å². The first-order valence-corrected chi connectivity index (χ1v) is 40.0. The highest BCUT2D eigenvalue weighted by atomic mass is 16.8. The number of carbonyl (C=O) groups excluding carboxylic acids is 5. The summed E-state index contributed by atoms with van der Waals surface area (Å²) in [5, 5.41) is 305. The topological polar surface area (TPSA) is 847 Å². The van der Waals surface area contributed by atoms with Gasteiger partial charge < -0.3 is 249 Å². The Balaban J connectivity index is 1.07. The van der Waals surface area contributed by atoms with Crippen molar-refractivity contribution in [3.63, 3.8) is 0 Å². The van der Waals surface area contributed by atoms with E-state index in [-0.39, 0.29) is 0 Å². The van der Waals surface area contributed by atoms with E-state index in [4.69, 9.17) is 90.0 Å². The number of carbonyl (C=O) groups is 5. The van der Waals surface area contributed by atoms with E-state index in [0.29, 0.717) is 0 Å². The molecule has 0 saturated carbocycles. The maximum absolute atomic E-state index is 13.4. The lowest BCUT2D eigenvalue weighted by atomic mass is 9.93. The van der Waals surface area contributed by atoms with Crippen molar-refractivity contribution in [3.8, 4) is 0 Å². The van der Waals surface area contributed by atoms with Gasteiger partial charge in [-0.15, -0.1) is 0 Å². The van der Waals surface area contributed by atoms with Crippen molar-refractivity contribution >= 4 is 29.5 Å². The van der Waals surface area contributed by atoms with Gasteiger partial charge in [-0.3, -0.25) is 24.0 Å². The molecule has 0 spiro atoms.